The average molecular weight is 539 g/mol. The van der Waals surface area contributed by atoms with Crippen LogP contribution in [0.1, 0.15) is 89.1 Å². The third kappa shape index (κ3) is 7.73. The van der Waals surface area contributed by atoms with Gasteiger partial charge in [0.05, 0.1) is 13.2 Å². The van der Waals surface area contributed by atoms with E-state index in [0.717, 1.165) is 32.1 Å². The third-order valence-electron chi connectivity index (χ3n) is 7.65. The summed E-state index contributed by atoms with van der Waals surface area (Å²) >= 11 is 0. The van der Waals surface area contributed by atoms with Crippen molar-refractivity contribution in [2.75, 3.05) is 13.2 Å². The maximum Gasteiger partial charge on any atom is 0.183 e. The first-order chi connectivity index (χ1) is 19.0. The number of halogens is 3. The van der Waals surface area contributed by atoms with Crippen molar-refractivity contribution in [1.29, 1.82) is 0 Å². The van der Waals surface area contributed by atoms with Crippen LogP contribution in [-0.4, -0.2) is 13.2 Å². The minimum atomic E-state index is -0.826. The molecule has 0 saturated carbocycles. The summed E-state index contributed by atoms with van der Waals surface area (Å²) < 4.78 is 56.5. The Morgan fingerprint density at radius 2 is 1.28 bits per heavy atom. The van der Waals surface area contributed by atoms with E-state index in [2.05, 4.69) is 13.8 Å². The van der Waals surface area contributed by atoms with E-state index in [1.165, 1.54) is 31.7 Å². The summed E-state index contributed by atoms with van der Waals surface area (Å²) in [6, 6.07) is 15.2. The predicted molar refractivity (Wildman–Crippen MR) is 152 cm³/mol. The van der Waals surface area contributed by atoms with Gasteiger partial charge < -0.3 is 9.47 Å². The second-order valence-electron chi connectivity index (χ2n) is 10.7. The molecule has 3 aromatic carbocycles. The highest BCUT2D eigenvalue weighted by molar-refractivity contribution is 5.71. The van der Waals surface area contributed by atoms with E-state index in [0.29, 0.717) is 53.4 Å². The van der Waals surface area contributed by atoms with Crippen molar-refractivity contribution in [3.8, 4) is 22.3 Å². The summed E-state index contributed by atoms with van der Waals surface area (Å²) in [5.41, 5.74) is 2.94. The highest BCUT2D eigenvalue weighted by atomic mass is 19.2. The Labute approximate surface area is 231 Å². The van der Waals surface area contributed by atoms with Crippen molar-refractivity contribution in [2.45, 2.75) is 84.3 Å². The van der Waals surface area contributed by atoms with Crippen LogP contribution in [0.4, 0.5) is 13.2 Å². The first kappa shape index (κ1) is 29.4. The van der Waals surface area contributed by atoms with Crippen molar-refractivity contribution in [3.63, 3.8) is 0 Å². The second-order valence-corrected chi connectivity index (χ2v) is 10.7. The summed E-state index contributed by atoms with van der Waals surface area (Å²) in [4.78, 5) is 0. The second kappa shape index (κ2) is 14.7. The van der Waals surface area contributed by atoms with Crippen LogP contribution in [0.2, 0.25) is 0 Å². The molecule has 0 aliphatic carbocycles. The minimum absolute atomic E-state index is 0.214. The monoisotopic (exact) mass is 538 g/mol. The normalized spacial score (nSPS) is 17.5. The molecule has 0 atom stereocenters. The number of hydrogen-bond donors (Lipinski definition) is 0. The third-order valence-corrected chi connectivity index (χ3v) is 7.65. The van der Waals surface area contributed by atoms with Gasteiger partial charge in [0.2, 0.25) is 0 Å². The van der Waals surface area contributed by atoms with Crippen LogP contribution in [0.3, 0.4) is 0 Å². The van der Waals surface area contributed by atoms with Crippen molar-refractivity contribution >= 4 is 0 Å². The molecular formula is C34H41F3O2. The molecular weight excluding hydrogens is 497 g/mol. The summed E-state index contributed by atoms with van der Waals surface area (Å²) in [6.45, 7) is 5.55. The number of rotatable bonds is 13. The lowest BCUT2D eigenvalue weighted by molar-refractivity contribution is -0.206. The molecule has 0 amide bonds. The fraction of sp³-hybridized carbons (Fsp3) is 0.471. The zero-order valence-electron chi connectivity index (χ0n) is 23.3. The molecule has 0 N–H and O–H groups in total. The van der Waals surface area contributed by atoms with Crippen LogP contribution in [0.5, 0.6) is 0 Å². The van der Waals surface area contributed by atoms with Crippen LogP contribution >= 0.6 is 0 Å². The van der Waals surface area contributed by atoms with Gasteiger partial charge >= 0.3 is 0 Å². The molecule has 5 heteroatoms. The van der Waals surface area contributed by atoms with Gasteiger partial charge in [-0.2, -0.15) is 0 Å². The predicted octanol–water partition coefficient (Wildman–Crippen LogP) is 10.2. The van der Waals surface area contributed by atoms with Gasteiger partial charge in [0.15, 0.2) is 17.9 Å². The van der Waals surface area contributed by atoms with Gasteiger partial charge in [-0.1, -0.05) is 107 Å². The van der Waals surface area contributed by atoms with Gasteiger partial charge in [-0.25, -0.2) is 13.2 Å². The van der Waals surface area contributed by atoms with Crippen molar-refractivity contribution in [3.05, 3.63) is 83.2 Å². The number of unbranched alkanes of at least 4 members (excludes halogenated alkanes) is 6. The molecule has 0 aromatic heterocycles. The zero-order valence-corrected chi connectivity index (χ0v) is 23.3. The van der Waals surface area contributed by atoms with Crippen LogP contribution in [-0.2, 0) is 15.9 Å². The molecule has 4 rings (SSSR count). The highest BCUT2D eigenvalue weighted by Gasteiger charge is 2.24. The molecule has 0 spiro atoms. The molecule has 1 aliphatic heterocycles. The summed E-state index contributed by atoms with van der Waals surface area (Å²) in [5.74, 6) is -1.59. The lowest BCUT2D eigenvalue weighted by Crippen LogP contribution is -2.27. The molecule has 2 nitrogen and oxygen atoms in total. The Hall–Kier alpha value is -2.63. The summed E-state index contributed by atoms with van der Waals surface area (Å²) in [5, 5.41) is 0. The van der Waals surface area contributed by atoms with Crippen LogP contribution < -0.4 is 0 Å². The fourth-order valence-electron chi connectivity index (χ4n) is 5.33. The van der Waals surface area contributed by atoms with E-state index >= 15 is 4.39 Å². The van der Waals surface area contributed by atoms with Crippen LogP contribution in [0.25, 0.3) is 22.3 Å². The van der Waals surface area contributed by atoms with Crippen LogP contribution in [0.15, 0.2) is 54.6 Å². The largest absolute Gasteiger partial charge is 0.348 e. The average Bonchev–Trinajstić information content (AvgIpc) is 2.95. The van der Waals surface area contributed by atoms with Crippen molar-refractivity contribution < 1.29 is 22.6 Å². The lowest BCUT2D eigenvalue weighted by Gasteiger charge is -2.29. The standard InChI is InChI=1S/C34H41F3O2/c1-3-5-6-7-8-9-10-12-27-17-20-30(33(37)32(27)36)26-15-13-25(14-16-26)29-19-18-28(21-31(29)35)34-38-22-24(11-4-2)23-39-34/h13-21,24,34H,3-12,22-23H2,1-2H3. The smallest absolute Gasteiger partial charge is 0.183 e. The van der Waals surface area contributed by atoms with Gasteiger partial charge in [-0.15, -0.1) is 0 Å². The zero-order chi connectivity index (χ0) is 27.6. The minimum Gasteiger partial charge on any atom is -0.348 e. The Balaban J connectivity index is 1.38. The maximum absolute atomic E-state index is 15.1. The molecule has 1 aliphatic rings. The SMILES string of the molecule is CCCCCCCCCc1ccc(-c2ccc(-c3ccc(C4OCC(CCC)CO4)cc3F)cc2)c(F)c1F. The topological polar surface area (TPSA) is 18.5 Å². The van der Waals surface area contributed by atoms with E-state index < -0.39 is 17.9 Å². The Bertz CT molecular complexity index is 1180. The number of hydrogen-bond acceptors (Lipinski definition) is 2. The molecule has 0 unspecified atom stereocenters. The van der Waals surface area contributed by atoms with E-state index in [-0.39, 0.29) is 11.4 Å². The van der Waals surface area contributed by atoms with Gasteiger partial charge in [-0.3, -0.25) is 0 Å². The van der Waals surface area contributed by atoms with E-state index in [4.69, 9.17) is 9.47 Å². The number of ether oxygens (including phenoxy) is 2. The molecule has 210 valence electrons. The van der Waals surface area contributed by atoms with Gasteiger partial charge in [-0.05, 0) is 42.0 Å². The number of aryl methyl sites for hydroxylation is 1. The number of benzene rings is 3. The lowest BCUT2D eigenvalue weighted by atomic mass is 9.96. The first-order valence-electron chi connectivity index (χ1n) is 14.6. The van der Waals surface area contributed by atoms with E-state index in [1.54, 1.807) is 42.5 Å². The Kier molecular flexibility index (Phi) is 11.0. The molecule has 39 heavy (non-hydrogen) atoms. The molecule has 0 radical (unpaired) electrons. The Morgan fingerprint density at radius 1 is 0.667 bits per heavy atom. The highest BCUT2D eigenvalue weighted by Crippen LogP contribution is 2.33. The molecule has 1 heterocycles. The molecule has 0 bridgehead atoms. The van der Waals surface area contributed by atoms with Crippen molar-refractivity contribution in [1.82, 2.24) is 0 Å². The van der Waals surface area contributed by atoms with Gasteiger partial charge in [0, 0.05) is 22.6 Å². The first-order valence-corrected chi connectivity index (χ1v) is 14.6. The van der Waals surface area contributed by atoms with Crippen molar-refractivity contribution in [2.24, 2.45) is 5.92 Å². The van der Waals surface area contributed by atoms with Gasteiger partial charge in [0.25, 0.3) is 0 Å². The quantitative estimate of drug-likeness (QED) is 0.202. The Morgan fingerprint density at radius 3 is 1.92 bits per heavy atom. The summed E-state index contributed by atoms with van der Waals surface area (Å²) in [7, 11) is 0. The van der Waals surface area contributed by atoms with E-state index in [9.17, 15) is 8.78 Å². The molecule has 1 fully saturated rings. The fourth-order valence-corrected chi connectivity index (χ4v) is 5.33. The molecule has 1 saturated heterocycles. The summed E-state index contributed by atoms with van der Waals surface area (Å²) in [6.07, 6.45) is 10.1. The van der Waals surface area contributed by atoms with Gasteiger partial charge in [0.1, 0.15) is 5.82 Å². The van der Waals surface area contributed by atoms with E-state index in [1.807, 2.05) is 6.07 Å². The molecule has 3 aromatic rings. The van der Waals surface area contributed by atoms with Crippen LogP contribution in [0, 0.1) is 23.4 Å². The maximum atomic E-state index is 15.1.